The van der Waals surface area contributed by atoms with Crippen LogP contribution in [0.4, 0.5) is 5.82 Å². The summed E-state index contributed by atoms with van der Waals surface area (Å²) in [4.78, 5) is 8.70. The van der Waals surface area contributed by atoms with Crippen molar-refractivity contribution in [3.8, 4) is 17.1 Å². The molecular weight excluding hydrogens is 254 g/mol. The van der Waals surface area contributed by atoms with Crippen LogP contribution in [0.15, 0.2) is 30.3 Å². The van der Waals surface area contributed by atoms with E-state index >= 15 is 0 Å². The van der Waals surface area contributed by atoms with Crippen LogP contribution in [0.3, 0.4) is 0 Å². The molecule has 2 N–H and O–H groups in total. The monoisotopic (exact) mass is 273 g/mol. The Morgan fingerprint density at radius 3 is 2.70 bits per heavy atom. The minimum absolute atomic E-state index is 0.121. The lowest BCUT2D eigenvalue weighted by atomic mass is 10.2. The number of aromatic nitrogens is 2. The van der Waals surface area contributed by atoms with Crippen molar-refractivity contribution in [2.24, 2.45) is 0 Å². The van der Waals surface area contributed by atoms with Gasteiger partial charge < -0.3 is 15.2 Å². The van der Waals surface area contributed by atoms with Crippen molar-refractivity contribution < 1.29 is 9.47 Å². The Hall–Kier alpha value is -2.14. The Labute approximate surface area is 118 Å². The van der Waals surface area contributed by atoms with E-state index in [1.165, 1.54) is 0 Å². The molecule has 0 saturated carbocycles. The van der Waals surface area contributed by atoms with E-state index in [-0.39, 0.29) is 6.10 Å². The van der Waals surface area contributed by atoms with Crippen LogP contribution in [0.1, 0.15) is 19.5 Å². The predicted molar refractivity (Wildman–Crippen MR) is 78.4 cm³/mol. The van der Waals surface area contributed by atoms with Gasteiger partial charge in [-0.15, -0.1) is 0 Å². The summed E-state index contributed by atoms with van der Waals surface area (Å²) in [6, 6.07) is 9.37. The maximum absolute atomic E-state index is 5.81. The SMILES string of the molecule is COCc1cc(N)nc(-c2cccc(OC(C)C)c2)n1. The van der Waals surface area contributed by atoms with E-state index in [1.54, 1.807) is 13.2 Å². The summed E-state index contributed by atoms with van der Waals surface area (Å²) in [7, 11) is 1.62. The maximum atomic E-state index is 5.81. The molecule has 0 amide bonds. The van der Waals surface area contributed by atoms with Gasteiger partial charge >= 0.3 is 0 Å². The number of methoxy groups -OCH3 is 1. The predicted octanol–water partition coefficient (Wildman–Crippen LogP) is 2.66. The van der Waals surface area contributed by atoms with E-state index in [0.717, 1.165) is 17.0 Å². The molecule has 0 bridgehead atoms. The van der Waals surface area contributed by atoms with Crippen LogP contribution in [0.5, 0.6) is 5.75 Å². The van der Waals surface area contributed by atoms with Crippen molar-refractivity contribution in [3.05, 3.63) is 36.0 Å². The third kappa shape index (κ3) is 3.68. The standard InChI is InChI=1S/C15H19N3O2/c1-10(2)20-13-6-4-5-11(7-13)15-17-12(9-19-3)8-14(16)18-15/h4-8,10H,9H2,1-3H3,(H2,16,17,18). The van der Waals surface area contributed by atoms with E-state index in [2.05, 4.69) is 9.97 Å². The fourth-order valence-corrected chi connectivity index (χ4v) is 1.85. The lowest BCUT2D eigenvalue weighted by Gasteiger charge is -2.11. The lowest BCUT2D eigenvalue weighted by Crippen LogP contribution is -2.06. The second-order valence-electron chi connectivity index (χ2n) is 4.74. The number of nitrogens with zero attached hydrogens (tertiary/aromatic N) is 2. The molecule has 0 atom stereocenters. The Balaban J connectivity index is 2.35. The number of rotatable bonds is 5. The summed E-state index contributed by atoms with van der Waals surface area (Å²) in [6.45, 7) is 4.38. The molecule has 0 radical (unpaired) electrons. The molecule has 1 aromatic carbocycles. The number of hydrogen-bond donors (Lipinski definition) is 1. The quantitative estimate of drug-likeness (QED) is 0.906. The van der Waals surface area contributed by atoms with Crippen LogP contribution >= 0.6 is 0 Å². The van der Waals surface area contributed by atoms with Gasteiger partial charge in [-0.2, -0.15) is 0 Å². The maximum Gasteiger partial charge on any atom is 0.161 e. The van der Waals surface area contributed by atoms with Gasteiger partial charge in [0.25, 0.3) is 0 Å². The van der Waals surface area contributed by atoms with Gasteiger partial charge in [-0.05, 0) is 26.0 Å². The van der Waals surface area contributed by atoms with Crippen LogP contribution in [-0.2, 0) is 11.3 Å². The molecular formula is C15H19N3O2. The zero-order chi connectivity index (χ0) is 14.5. The molecule has 0 fully saturated rings. The highest BCUT2D eigenvalue weighted by Gasteiger charge is 2.07. The van der Waals surface area contributed by atoms with Crippen LogP contribution in [0.25, 0.3) is 11.4 Å². The smallest absolute Gasteiger partial charge is 0.161 e. The van der Waals surface area contributed by atoms with Gasteiger partial charge in [0.2, 0.25) is 0 Å². The van der Waals surface area contributed by atoms with Crippen LogP contribution in [0, 0.1) is 0 Å². The highest BCUT2D eigenvalue weighted by molar-refractivity contribution is 5.59. The Bertz CT molecular complexity index is 585. The molecule has 0 aliphatic carbocycles. The zero-order valence-corrected chi connectivity index (χ0v) is 12.0. The minimum Gasteiger partial charge on any atom is -0.491 e. The van der Waals surface area contributed by atoms with E-state index < -0.39 is 0 Å². The minimum atomic E-state index is 0.121. The third-order valence-electron chi connectivity index (χ3n) is 2.56. The summed E-state index contributed by atoms with van der Waals surface area (Å²) < 4.78 is 10.8. The summed E-state index contributed by atoms with van der Waals surface area (Å²) in [5.74, 6) is 1.79. The molecule has 0 saturated heterocycles. The fourth-order valence-electron chi connectivity index (χ4n) is 1.85. The van der Waals surface area contributed by atoms with E-state index in [9.17, 15) is 0 Å². The van der Waals surface area contributed by atoms with Crippen molar-refractivity contribution in [1.29, 1.82) is 0 Å². The zero-order valence-electron chi connectivity index (χ0n) is 12.0. The molecule has 5 nitrogen and oxygen atoms in total. The number of ether oxygens (including phenoxy) is 2. The summed E-state index contributed by atoms with van der Waals surface area (Å²) in [5.41, 5.74) is 7.43. The van der Waals surface area contributed by atoms with Crippen molar-refractivity contribution in [2.45, 2.75) is 26.6 Å². The third-order valence-corrected chi connectivity index (χ3v) is 2.56. The topological polar surface area (TPSA) is 70.3 Å². The lowest BCUT2D eigenvalue weighted by molar-refractivity contribution is 0.181. The fraction of sp³-hybridized carbons (Fsp3) is 0.333. The molecule has 0 aliphatic heterocycles. The molecule has 0 aliphatic rings. The van der Waals surface area contributed by atoms with Gasteiger partial charge in [-0.3, -0.25) is 0 Å². The highest BCUT2D eigenvalue weighted by atomic mass is 16.5. The number of nitrogen functional groups attached to an aromatic ring is 1. The summed E-state index contributed by atoms with van der Waals surface area (Å²) >= 11 is 0. The average Bonchev–Trinajstić information content (AvgIpc) is 2.38. The van der Waals surface area contributed by atoms with E-state index in [1.807, 2.05) is 38.1 Å². The van der Waals surface area contributed by atoms with E-state index in [0.29, 0.717) is 18.2 Å². The molecule has 0 unspecified atom stereocenters. The molecule has 106 valence electrons. The van der Waals surface area contributed by atoms with E-state index in [4.69, 9.17) is 15.2 Å². The summed E-state index contributed by atoms with van der Waals surface area (Å²) in [5, 5.41) is 0. The molecule has 20 heavy (non-hydrogen) atoms. The second-order valence-corrected chi connectivity index (χ2v) is 4.74. The van der Waals surface area contributed by atoms with Crippen molar-refractivity contribution in [3.63, 3.8) is 0 Å². The van der Waals surface area contributed by atoms with Gasteiger partial charge in [0, 0.05) is 18.7 Å². The second kappa shape index (κ2) is 6.34. The van der Waals surface area contributed by atoms with Gasteiger partial charge in [-0.25, -0.2) is 9.97 Å². The average molecular weight is 273 g/mol. The summed E-state index contributed by atoms with van der Waals surface area (Å²) in [6.07, 6.45) is 0.121. The number of nitrogens with two attached hydrogens (primary N) is 1. The largest absolute Gasteiger partial charge is 0.491 e. The number of hydrogen-bond acceptors (Lipinski definition) is 5. The first-order chi connectivity index (χ1) is 9.58. The van der Waals surface area contributed by atoms with Gasteiger partial charge in [0.1, 0.15) is 11.6 Å². The number of benzene rings is 1. The first kappa shape index (κ1) is 14.3. The molecule has 5 heteroatoms. The van der Waals surface area contributed by atoms with Gasteiger partial charge in [0.15, 0.2) is 5.82 Å². The van der Waals surface area contributed by atoms with Crippen molar-refractivity contribution >= 4 is 5.82 Å². The molecule has 2 rings (SSSR count). The first-order valence-electron chi connectivity index (χ1n) is 6.48. The van der Waals surface area contributed by atoms with Crippen molar-refractivity contribution in [2.75, 3.05) is 12.8 Å². The van der Waals surface area contributed by atoms with Crippen LogP contribution in [0.2, 0.25) is 0 Å². The Kier molecular flexibility index (Phi) is 4.53. The normalized spacial score (nSPS) is 10.8. The Morgan fingerprint density at radius 2 is 2.00 bits per heavy atom. The van der Waals surface area contributed by atoms with Crippen LogP contribution in [-0.4, -0.2) is 23.2 Å². The number of anilines is 1. The molecule has 2 aromatic rings. The van der Waals surface area contributed by atoms with Gasteiger partial charge in [0.05, 0.1) is 18.4 Å². The molecule has 1 aromatic heterocycles. The molecule has 0 spiro atoms. The van der Waals surface area contributed by atoms with Crippen LogP contribution < -0.4 is 10.5 Å². The Morgan fingerprint density at radius 1 is 1.20 bits per heavy atom. The van der Waals surface area contributed by atoms with Gasteiger partial charge in [-0.1, -0.05) is 12.1 Å². The van der Waals surface area contributed by atoms with Crippen molar-refractivity contribution in [1.82, 2.24) is 9.97 Å². The molecule has 1 heterocycles. The first-order valence-corrected chi connectivity index (χ1v) is 6.48. The highest BCUT2D eigenvalue weighted by Crippen LogP contribution is 2.23.